The lowest BCUT2D eigenvalue weighted by molar-refractivity contribution is 0.267. The predicted molar refractivity (Wildman–Crippen MR) is 45.8 cm³/mol. The summed E-state index contributed by atoms with van der Waals surface area (Å²) in [6.45, 7) is 0.273. The summed E-state index contributed by atoms with van der Waals surface area (Å²) in [5.74, 6) is 0.511. The van der Waals surface area contributed by atoms with Crippen molar-refractivity contribution in [2.45, 2.75) is 19.3 Å². The highest BCUT2D eigenvalue weighted by Gasteiger charge is 2.05. The molecule has 2 nitrogen and oxygen atoms in total. The molecule has 0 aromatic heterocycles. The van der Waals surface area contributed by atoms with E-state index in [9.17, 15) is 0 Å². The summed E-state index contributed by atoms with van der Waals surface area (Å²) >= 11 is 0. The zero-order valence-electron chi connectivity index (χ0n) is 6.66. The van der Waals surface area contributed by atoms with Crippen molar-refractivity contribution >= 4 is 0 Å². The van der Waals surface area contributed by atoms with Gasteiger partial charge in [-0.05, 0) is 31.3 Å². The lowest BCUT2D eigenvalue weighted by Crippen LogP contribution is -1.98. The molecule has 0 spiro atoms. The van der Waals surface area contributed by atoms with Crippen LogP contribution in [0.3, 0.4) is 0 Å². The third kappa shape index (κ3) is 2.76. The highest BCUT2D eigenvalue weighted by Crippen LogP contribution is 2.16. The maximum atomic E-state index is 8.69. The van der Waals surface area contributed by atoms with Crippen LogP contribution in [-0.2, 0) is 0 Å². The van der Waals surface area contributed by atoms with Gasteiger partial charge in [0.15, 0.2) is 0 Å². The van der Waals surface area contributed by atoms with E-state index in [0.29, 0.717) is 5.92 Å². The molecule has 2 heteroatoms. The lowest BCUT2D eigenvalue weighted by atomic mass is 10.0. The van der Waals surface area contributed by atoms with Gasteiger partial charge in [-0.2, -0.15) is 0 Å². The summed E-state index contributed by atoms with van der Waals surface area (Å²) < 4.78 is 0. The van der Waals surface area contributed by atoms with Crippen molar-refractivity contribution in [1.29, 1.82) is 0 Å². The van der Waals surface area contributed by atoms with E-state index in [0.717, 1.165) is 25.0 Å². The second-order valence-corrected chi connectivity index (χ2v) is 2.91. The lowest BCUT2D eigenvalue weighted by Gasteiger charge is -2.06. The van der Waals surface area contributed by atoms with Gasteiger partial charge < -0.3 is 10.8 Å². The first-order chi connectivity index (χ1) is 5.33. The molecule has 0 amide bonds. The van der Waals surface area contributed by atoms with Crippen LogP contribution in [0.2, 0.25) is 0 Å². The summed E-state index contributed by atoms with van der Waals surface area (Å²) in [4.78, 5) is 0. The number of aliphatic hydroxyl groups is 1. The van der Waals surface area contributed by atoms with Crippen molar-refractivity contribution in [3.8, 4) is 0 Å². The van der Waals surface area contributed by atoms with Crippen molar-refractivity contribution in [2.75, 3.05) is 6.61 Å². The van der Waals surface area contributed by atoms with Crippen LogP contribution in [0.5, 0.6) is 0 Å². The van der Waals surface area contributed by atoms with Gasteiger partial charge in [-0.3, -0.25) is 0 Å². The zero-order chi connectivity index (χ0) is 8.10. The van der Waals surface area contributed by atoms with Gasteiger partial charge in [-0.1, -0.05) is 12.2 Å². The number of rotatable bonds is 2. The van der Waals surface area contributed by atoms with Gasteiger partial charge in [-0.15, -0.1) is 0 Å². The molecule has 1 atom stereocenters. The van der Waals surface area contributed by atoms with Crippen LogP contribution in [0.1, 0.15) is 19.3 Å². The zero-order valence-corrected chi connectivity index (χ0v) is 6.66. The Balaban J connectivity index is 2.44. The smallest absolute Gasteiger partial charge is 0.0436 e. The molecule has 0 heterocycles. The molecular formula is C9H15NO. The van der Waals surface area contributed by atoms with E-state index in [1.54, 1.807) is 0 Å². The Labute approximate surface area is 67.4 Å². The summed E-state index contributed by atoms with van der Waals surface area (Å²) in [6, 6.07) is 0. The Morgan fingerprint density at radius 3 is 3.18 bits per heavy atom. The third-order valence-electron chi connectivity index (χ3n) is 1.98. The Kier molecular flexibility index (Phi) is 3.17. The third-order valence-corrected chi connectivity index (χ3v) is 1.98. The second kappa shape index (κ2) is 4.19. The Morgan fingerprint density at radius 1 is 1.64 bits per heavy atom. The molecule has 0 aliphatic heterocycles. The fraction of sp³-hybridized carbons (Fsp3) is 0.556. The van der Waals surface area contributed by atoms with E-state index in [1.807, 2.05) is 12.2 Å². The molecule has 1 aliphatic carbocycles. The van der Waals surface area contributed by atoms with Gasteiger partial charge in [0.1, 0.15) is 0 Å². The molecule has 3 N–H and O–H groups in total. The molecule has 62 valence electrons. The number of nitrogens with two attached hydrogens (primary N) is 1. The number of hydrogen-bond donors (Lipinski definition) is 2. The van der Waals surface area contributed by atoms with Crippen molar-refractivity contribution in [2.24, 2.45) is 11.7 Å². The fourth-order valence-corrected chi connectivity index (χ4v) is 1.28. The average molecular weight is 153 g/mol. The molecule has 0 aromatic rings. The van der Waals surface area contributed by atoms with Gasteiger partial charge in [0, 0.05) is 12.3 Å². The van der Waals surface area contributed by atoms with Gasteiger partial charge in [0.2, 0.25) is 0 Å². The molecule has 0 radical (unpaired) electrons. The van der Waals surface area contributed by atoms with Gasteiger partial charge in [0.05, 0.1) is 0 Å². The predicted octanol–water partition coefficient (Wildman–Crippen LogP) is 1.18. The van der Waals surface area contributed by atoms with E-state index >= 15 is 0 Å². The summed E-state index contributed by atoms with van der Waals surface area (Å²) in [6.07, 6.45) is 9.06. The van der Waals surface area contributed by atoms with E-state index in [-0.39, 0.29) is 6.61 Å². The minimum atomic E-state index is 0.273. The van der Waals surface area contributed by atoms with Gasteiger partial charge in [0.25, 0.3) is 0 Å². The quantitative estimate of drug-likeness (QED) is 0.625. The molecule has 1 aliphatic rings. The Bertz CT molecular complexity index is 172. The molecule has 1 rings (SSSR count). The largest absolute Gasteiger partial charge is 0.399 e. The highest BCUT2D eigenvalue weighted by molar-refractivity contribution is 5.17. The van der Waals surface area contributed by atoms with Gasteiger partial charge >= 0.3 is 0 Å². The SMILES string of the molecule is NC1=CCCC(CCO)C=C1. The molecule has 0 aromatic carbocycles. The van der Waals surface area contributed by atoms with E-state index in [2.05, 4.69) is 6.08 Å². The molecule has 11 heavy (non-hydrogen) atoms. The summed E-state index contributed by atoms with van der Waals surface area (Å²) in [5.41, 5.74) is 6.46. The van der Waals surface area contributed by atoms with Crippen LogP contribution in [0.25, 0.3) is 0 Å². The number of allylic oxidation sites excluding steroid dienone is 3. The maximum Gasteiger partial charge on any atom is 0.0436 e. The summed E-state index contributed by atoms with van der Waals surface area (Å²) in [7, 11) is 0. The van der Waals surface area contributed by atoms with Crippen LogP contribution >= 0.6 is 0 Å². The minimum absolute atomic E-state index is 0.273. The first kappa shape index (κ1) is 8.34. The van der Waals surface area contributed by atoms with Crippen LogP contribution in [0, 0.1) is 5.92 Å². The van der Waals surface area contributed by atoms with Crippen LogP contribution in [0.15, 0.2) is 23.9 Å². The van der Waals surface area contributed by atoms with Crippen LogP contribution in [-0.4, -0.2) is 11.7 Å². The van der Waals surface area contributed by atoms with Crippen molar-refractivity contribution in [3.63, 3.8) is 0 Å². The first-order valence-corrected chi connectivity index (χ1v) is 4.07. The molecule has 0 bridgehead atoms. The highest BCUT2D eigenvalue weighted by atomic mass is 16.3. The van der Waals surface area contributed by atoms with Crippen LogP contribution in [0.4, 0.5) is 0 Å². The van der Waals surface area contributed by atoms with Crippen LogP contribution < -0.4 is 5.73 Å². The fourth-order valence-electron chi connectivity index (χ4n) is 1.28. The molecule has 0 saturated carbocycles. The van der Waals surface area contributed by atoms with Gasteiger partial charge in [-0.25, -0.2) is 0 Å². The topological polar surface area (TPSA) is 46.2 Å². The second-order valence-electron chi connectivity index (χ2n) is 2.91. The normalized spacial score (nSPS) is 24.5. The Morgan fingerprint density at radius 2 is 2.45 bits per heavy atom. The Hall–Kier alpha value is -0.760. The standard InChI is InChI=1S/C9H15NO/c10-9-3-1-2-8(4-5-9)6-7-11/h3-5,8,11H,1-2,6-7,10H2. The summed E-state index contributed by atoms with van der Waals surface area (Å²) in [5, 5.41) is 8.69. The molecule has 1 unspecified atom stereocenters. The van der Waals surface area contributed by atoms with Crippen molar-refractivity contribution in [3.05, 3.63) is 23.9 Å². The number of aliphatic hydroxyl groups excluding tert-OH is 1. The maximum absolute atomic E-state index is 8.69. The van der Waals surface area contributed by atoms with E-state index in [1.165, 1.54) is 0 Å². The minimum Gasteiger partial charge on any atom is -0.399 e. The number of hydrogen-bond acceptors (Lipinski definition) is 2. The van der Waals surface area contributed by atoms with Crippen molar-refractivity contribution in [1.82, 2.24) is 0 Å². The first-order valence-electron chi connectivity index (χ1n) is 4.07. The molecule has 0 fully saturated rings. The van der Waals surface area contributed by atoms with E-state index in [4.69, 9.17) is 10.8 Å². The monoisotopic (exact) mass is 153 g/mol. The molecule has 0 saturated heterocycles. The van der Waals surface area contributed by atoms with E-state index < -0.39 is 0 Å². The molecular weight excluding hydrogens is 138 g/mol. The van der Waals surface area contributed by atoms with Crippen molar-refractivity contribution < 1.29 is 5.11 Å². The average Bonchev–Trinajstić information content (AvgIpc) is 2.17.